The molecule has 0 bridgehead atoms. The summed E-state index contributed by atoms with van der Waals surface area (Å²) in [6, 6.07) is 0.274. The number of rotatable bonds is 4. The number of H-pyrrole nitrogens is 1. The van der Waals surface area contributed by atoms with Crippen molar-refractivity contribution < 1.29 is 4.79 Å². The van der Waals surface area contributed by atoms with Crippen molar-refractivity contribution in [1.29, 1.82) is 0 Å². The zero-order chi connectivity index (χ0) is 18.1. The number of likely N-dealkylation sites (tertiary alicyclic amines) is 1. The molecule has 0 radical (unpaired) electrons. The predicted molar refractivity (Wildman–Crippen MR) is 99.5 cm³/mol. The van der Waals surface area contributed by atoms with Gasteiger partial charge in [-0.1, -0.05) is 6.58 Å². The number of carbonyl (C=O) groups excluding carboxylic acids is 1. The Morgan fingerprint density at radius 3 is 2.88 bits per heavy atom. The predicted octanol–water partition coefficient (Wildman–Crippen LogP) is 1.95. The van der Waals surface area contributed by atoms with Gasteiger partial charge in [-0.25, -0.2) is 9.97 Å². The standard InChI is InChI=1S/C18H21N7O/c1-3-16(26)25-6-4-13(5-7-25)22-15-10-20-18-17(23-15)14(9-19-18)12-8-21-24(2)11-12/h3,8-11,13H,1,4-7H2,2H3,(H,19,20)(H,22,23). The Kier molecular flexibility index (Phi) is 4.16. The summed E-state index contributed by atoms with van der Waals surface area (Å²) in [5, 5.41) is 7.68. The summed E-state index contributed by atoms with van der Waals surface area (Å²) in [5.74, 6) is 0.744. The third-order valence-corrected chi connectivity index (χ3v) is 4.73. The van der Waals surface area contributed by atoms with Crippen LogP contribution >= 0.6 is 0 Å². The van der Waals surface area contributed by atoms with E-state index in [0.717, 1.165) is 54.0 Å². The van der Waals surface area contributed by atoms with Crippen LogP contribution in [-0.4, -0.2) is 54.7 Å². The molecule has 0 spiro atoms. The Bertz CT molecular complexity index is 950. The van der Waals surface area contributed by atoms with E-state index in [0.29, 0.717) is 0 Å². The summed E-state index contributed by atoms with van der Waals surface area (Å²) in [6.07, 6.45) is 10.5. The van der Waals surface area contributed by atoms with Gasteiger partial charge in [0.05, 0.1) is 12.4 Å². The number of hydrogen-bond acceptors (Lipinski definition) is 5. The maximum Gasteiger partial charge on any atom is 0.245 e. The molecule has 3 aromatic heterocycles. The number of nitrogens with zero attached hydrogens (tertiary/aromatic N) is 5. The van der Waals surface area contributed by atoms with Gasteiger partial charge in [-0.2, -0.15) is 5.10 Å². The van der Waals surface area contributed by atoms with Gasteiger partial charge < -0.3 is 15.2 Å². The van der Waals surface area contributed by atoms with E-state index in [9.17, 15) is 4.79 Å². The lowest BCUT2D eigenvalue weighted by molar-refractivity contribution is -0.126. The van der Waals surface area contributed by atoms with Crippen LogP contribution in [0.15, 0.2) is 37.4 Å². The lowest BCUT2D eigenvalue weighted by Crippen LogP contribution is -2.41. The third-order valence-electron chi connectivity index (χ3n) is 4.73. The molecule has 2 N–H and O–H groups in total. The fourth-order valence-electron chi connectivity index (χ4n) is 3.32. The Balaban J connectivity index is 1.51. The minimum absolute atomic E-state index is 0.00176. The van der Waals surface area contributed by atoms with Crippen LogP contribution in [0.1, 0.15) is 12.8 Å². The summed E-state index contributed by atoms with van der Waals surface area (Å²) >= 11 is 0. The molecule has 1 amide bonds. The SMILES string of the molecule is C=CC(=O)N1CCC(Nc2cnc3[nH]cc(-c4cnn(C)c4)c3n2)CC1. The molecule has 1 aliphatic rings. The smallest absolute Gasteiger partial charge is 0.245 e. The van der Waals surface area contributed by atoms with Crippen molar-refractivity contribution in [2.45, 2.75) is 18.9 Å². The molecule has 0 aliphatic carbocycles. The Morgan fingerprint density at radius 1 is 1.38 bits per heavy atom. The van der Waals surface area contributed by atoms with Crippen molar-refractivity contribution in [1.82, 2.24) is 29.6 Å². The van der Waals surface area contributed by atoms with Gasteiger partial charge in [-0.3, -0.25) is 9.48 Å². The first kappa shape index (κ1) is 16.3. The lowest BCUT2D eigenvalue weighted by Gasteiger charge is -2.31. The Morgan fingerprint density at radius 2 is 2.19 bits per heavy atom. The first-order valence-electron chi connectivity index (χ1n) is 8.65. The number of anilines is 1. The molecule has 8 nitrogen and oxygen atoms in total. The summed E-state index contributed by atoms with van der Waals surface area (Å²) in [6.45, 7) is 5.00. The van der Waals surface area contributed by atoms with Gasteiger partial charge in [0.2, 0.25) is 5.91 Å². The molecule has 4 heterocycles. The molecule has 3 aromatic rings. The number of aromatic nitrogens is 5. The molecule has 0 atom stereocenters. The lowest BCUT2D eigenvalue weighted by atomic mass is 10.1. The van der Waals surface area contributed by atoms with Crippen LogP contribution in [0.3, 0.4) is 0 Å². The van der Waals surface area contributed by atoms with E-state index >= 15 is 0 Å². The topological polar surface area (TPSA) is 91.7 Å². The average molecular weight is 351 g/mol. The van der Waals surface area contributed by atoms with Crippen molar-refractivity contribution in [3.63, 3.8) is 0 Å². The second kappa shape index (κ2) is 6.62. The molecule has 26 heavy (non-hydrogen) atoms. The van der Waals surface area contributed by atoms with Gasteiger partial charge in [0.15, 0.2) is 5.65 Å². The van der Waals surface area contributed by atoms with Crippen LogP contribution in [0.25, 0.3) is 22.3 Å². The van der Waals surface area contributed by atoms with Crippen molar-refractivity contribution in [3.05, 3.63) is 37.4 Å². The van der Waals surface area contributed by atoms with E-state index in [4.69, 9.17) is 4.98 Å². The molecule has 1 fully saturated rings. The van der Waals surface area contributed by atoms with Gasteiger partial charge in [-0.05, 0) is 18.9 Å². The highest BCUT2D eigenvalue weighted by atomic mass is 16.2. The van der Waals surface area contributed by atoms with Crippen LogP contribution in [-0.2, 0) is 11.8 Å². The molecule has 0 saturated carbocycles. The van der Waals surface area contributed by atoms with Gasteiger partial charge >= 0.3 is 0 Å². The molecule has 1 saturated heterocycles. The summed E-state index contributed by atoms with van der Waals surface area (Å²) in [5.41, 5.74) is 3.56. The fourth-order valence-corrected chi connectivity index (χ4v) is 3.32. The molecule has 0 unspecified atom stereocenters. The monoisotopic (exact) mass is 351 g/mol. The third kappa shape index (κ3) is 3.05. The molecule has 134 valence electrons. The maximum atomic E-state index is 11.7. The van der Waals surface area contributed by atoms with E-state index in [1.54, 1.807) is 10.9 Å². The molecule has 1 aliphatic heterocycles. The van der Waals surface area contributed by atoms with E-state index in [2.05, 4.69) is 27.0 Å². The van der Waals surface area contributed by atoms with Crippen LogP contribution in [0, 0.1) is 0 Å². The number of nitrogens with one attached hydrogen (secondary N) is 2. The second-order valence-electron chi connectivity index (χ2n) is 6.51. The molecule has 8 heteroatoms. The fraction of sp³-hybridized carbons (Fsp3) is 0.333. The summed E-state index contributed by atoms with van der Waals surface area (Å²) in [4.78, 5) is 25.9. The minimum Gasteiger partial charge on any atom is -0.366 e. The quantitative estimate of drug-likeness (QED) is 0.701. The Labute approximate surface area is 150 Å². The van der Waals surface area contributed by atoms with Gasteiger partial charge in [0.1, 0.15) is 11.3 Å². The molecule has 4 rings (SSSR count). The highest BCUT2D eigenvalue weighted by molar-refractivity contribution is 5.90. The Hall–Kier alpha value is -3.16. The van der Waals surface area contributed by atoms with Crippen molar-refractivity contribution in [3.8, 4) is 11.1 Å². The van der Waals surface area contributed by atoms with Gasteiger partial charge in [0.25, 0.3) is 0 Å². The molecular formula is C18H21N7O. The van der Waals surface area contributed by atoms with Crippen LogP contribution < -0.4 is 5.32 Å². The van der Waals surface area contributed by atoms with Crippen molar-refractivity contribution >= 4 is 22.9 Å². The first-order valence-corrected chi connectivity index (χ1v) is 8.65. The molecule has 0 aromatic carbocycles. The number of aromatic amines is 1. The van der Waals surface area contributed by atoms with Crippen LogP contribution in [0.4, 0.5) is 5.82 Å². The zero-order valence-corrected chi connectivity index (χ0v) is 14.6. The van der Waals surface area contributed by atoms with E-state index in [1.165, 1.54) is 6.08 Å². The number of aryl methyl sites for hydroxylation is 1. The highest BCUT2D eigenvalue weighted by Gasteiger charge is 2.22. The van der Waals surface area contributed by atoms with Gasteiger partial charge in [0, 0.05) is 49.7 Å². The largest absolute Gasteiger partial charge is 0.366 e. The average Bonchev–Trinajstić information content (AvgIpc) is 3.27. The maximum absolute atomic E-state index is 11.7. The molecular weight excluding hydrogens is 330 g/mol. The summed E-state index contributed by atoms with van der Waals surface area (Å²) in [7, 11) is 1.89. The van der Waals surface area contributed by atoms with Crippen LogP contribution in [0.5, 0.6) is 0 Å². The van der Waals surface area contributed by atoms with E-state index < -0.39 is 0 Å². The first-order chi connectivity index (χ1) is 12.6. The number of carbonyl (C=O) groups is 1. The highest BCUT2D eigenvalue weighted by Crippen LogP contribution is 2.27. The summed E-state index contributed by atoms with van der Waals surface area (Å²) < 4.78 is 1.77. The normalized spacial score (nSPS) is 15.3. The zero-order valence-electron chi connectivity index (χ0n) is 14.6. The van der Waals surface area contributed by atoms with Gasteiger partial charge in [-0.15, -0.1) is 0 Å². The van der Waals surface area contributed by atoms with E-state index in [-0.39, 0.29) is 11.9 Å². The number of hydrogen-bond donors (Lipinski definition) is 2. The number of piperidine rings is 1. The van der Waals surface area contributed by atoms with Crippen molar-refractivity contribution in [2.75, 3.05) is 18.4 Å². The number of amides is 1. The van der Waals surface area contributed by atoms with Crippen LogP contribution in [0.2, 0.25) is 0 Å². The van der Waals surface area contributed by atoms with Crippen molar-refractivity contribution in [2.24, 2.45) is 7.05 Å². The second-order valence-corrected chi connectivity index (χ2v) is 6.51. The number of fused-ring (bicyclic) bond motifs is 1. The minimum atomic E-state index is -0.00176. The van der Waals surface area contributed by atoms with E-state index in [1.807, 2.05) is 30.5 Å².